The molecule has 0 aliphatic carbocycles. The van der Waals surface area contributed by atoms with Crippen LogP contribution in [0.4, 0.5) is 0 Å². The van der Waals surface area contributed by atoms with E-state index < -0.39 is 6.10 Å². The van der Waals surface area contributed by atoms with Crippen molar-refractivity contribution >= 4 is 34.1 Å². The van der Waals surface area contributed by atoms with Crippen molar-refractivity contribution in [2.24, 2.45) is 0 Å². The van der Waals surface area contributed by atoms with Gasteiger partial charge in [-0.1, -0.05) is 29.3 Å². The second kappa shape index (κ2) is 6.04. The summed E-state index contributed by atoms with van der Waals surface area (Å²) in [5.74, 6) is 0. The molecule has 0 spiro atoms. The largest absolute Gasteiger partial charge is 0.386 e. The number of fused-ring (bicyclic) bond motifs is 1. The van der Waals surface area contributed by atoms with Gasteiger partial charge in [-0.05, 0) is 18.2 Å². The molecule has 0 aliphatic heterocycles. The molecule has 0 bridgehead atoms. The molecule has 7 heteroatoms. The Morgan fingerprint density at radius 3 is 2.86 bits per heavy atom. The van der Waals surface area contributed by atoms with Crippen LogP contribution in [0.2, 0.25) is 10.0 Å². The Morgan fingerprint density at radius 1 is 1.27 bits per heavy atom. The predicted octanol–water partition coefficient (Wildman–Crippen LogP) is 2.83. The van der Waals surface area contributed by atoms with E-state index in [9.17, 15) is 9.90 Å². The Balaban J connectivity index is 1.96. The highest BCUT2D eigenvalue weighted by molar-refractivity contribution is 6.35. The second-order valence-corrected chi connectivity index (χ2v) is 5.62. The molecule has 2 aromatic heterocycles. The van der Waals surface area contributed by atoms with Crippen molar-refractivity contribution in [3.63, 3.8) is 0 Å². The summed E-state index contributed by atoms with van der Waals surface area (Å²) >= 11 is 11.9. The molecule has 1 unspecified atom stereocenters. The molecule has 5 nitrogen and oxygen atoms in total. The van der Waals surface area contributed by atoms with Crippen LogP contribution in [0.3, 0.4) is 0 Å². The van der Waals surface area contributed by atoms with Gasteiger partial charge in [0.25, 0.3) is 5.56 Å². The topological polar surface area (TPSA) is 68.0 Å². The fourth-order valence-corrected chi connectivity index (χ4v) is 2.73. The van der Waals surface area contributed by atoms with Crippen molar-refractivity contribution in [1.29, 1.82) is 0 Å². The summed E-state index contributed by atoms with van der Waals surface area (Å²) in [4.78, 5) is 20.4. The van der Waals surface area contributed by atoms with Crippen LogP contribution in [0, 0.1) is 0 Å². The fourth-order valence-electron chi connectivity index (χ4n) is 2.20. The fraction of sp³-hybridized carbons (Fsp3) is 0.133. The standard InChI is InChI=1S/C15H11Cl2N3O2/c16-9-1-2-10(12(17)5-9)14(21)7-20-8-19-13-6-18-4-3-11(13)15(20)22/h1-6,8,14,21H,7H2. The molecule has 0 amide bonds. The molecule has 112 valence electrons. The number of halogens is 2. The summed E-state index contributed by atoms with van der Waals surface area (Å²) in [6.45, 7) is 0.0471. The normalized spacial score (nSPS) is 12.5. The first-order chi connectivity index (χ1) is 10.6. The highest BCUT2D eigenvalue weighted by Crippen LogP contribution is 2.27. The van der Waals surface area contributed by atoms with Gasteiger partial charge in [0.05, 0.1) is 36.1 Å². The molecule has 0 saturated carbocycles. The summed E-state index contributed by atoms with van der Waals surface area (Å²) in [6, 6.07) is 6.43. The number of hydrogen-bond acceptors (Lipinski definition) is 4. The Labute approximate surface area is 135 Å². The van der Waals surface area contributed by atoms with Crippen molar-refractivity contribution in [2.45, 2.75) is 12.6 Å². The number of rotatable bonds is 3. The van der Waals surface area contributed by atoms with Gasteiger partial charge in [0.1, 0.15) is 0 Å². The SMILES string of the molecule is O=c1c2ccncc2ncn1CC(O)c1ccc(Cl)cc1Cl. The molecule has 0 aliphatic rings. The quantitative estimate of drug-likeness (QED) is 0.799. The highest BCUT2D eigenvalue weighted by atomic mass is 35.5. The first kappa shape index (κ1) is 15.0. The highest BCUT2D eigenvalue weighted by Gasteiger charge is 2.14. The molecule has 0 saturated heterocycles. The predicted molar refractivity (Wildman–Crippen MR) is 85.2 cm³/mol. The zero-order chi connectivity index (χ0) is 15.7. The Hall–Kier alpha value is -1.95. The van der Waals surface area contributed by atoms with Crippen molar-refractivity contribution in [1.82, 2.24) is 14.5 Å². The van der Waals surface area contributed by atoms with Gasteiger partial charge < -0.3 is 5.11 Å². The van der Waals surface area contributed by atoms with Gasteiger partial charge in [0.15, 0.2) is 0 Å². The molecule has 3 rings (SSSR count). The average molecular weight is 336 g/mol. The summed E-state index contributed by atoms with van der Waals surface area (Å²) in [6.07, 6.45) is 3.50. The summed E-state index contributed by atoms with van der Waals surface area (Å²) in [7, 11) is 0. The minimum atomic E-state index is -0.941. The van der Waals surface area contributed by atoms with Crippen molar-refractivity contribution in [3.05, 3.63) is 68.9 Å². The van der Waals surface area contributed by atoms with Crippen molar-refractivity contribution in [3.8, 4) is 0 Å². The summed E-state index contributed by atoms with van der Waals surface area (Å²) in [5, 5.41) is 11.6. The van der Waals surface area contributed by atoms with Crippen molar-refractivity contribution < 1.29 is 5.11 Å². The van der Waals surface area contributed by atoms with E-state index in [1.54, 1.807) is 24.3 Å². The third-order valence-electron chi connectivity index (χ3n) is 3.32. The van der Waals surface area contributed by atoms with Crippen LogP contribution in [0.1, 0.15) is 11.7 Å². The summed E-state index contributed by atoms with van der Waals surface area (Å²) in [5.41, 5.74) is 0.784. The minimum absolute atomic E-state index is 0.0471. The molecule has 1 atom stereocenters. The zero-order valence-corrected chi connectivity index (χ0v) is 12.8. The Morgan fingerprint density at radius 2 is 2.09 bits per heavy atom. The van der Waals surface area contributed by atoms with Crippen LogP contribution >= 0.6 is 23.2 Å². The van der Waals surface area contributed by atoms with E-state index in [0.29, 0.717) is 26.5 Å². The van der Waals surface area contributed by atoms with Gasteiger partial charge in [-0.25, -0.2) is 4.98 Å². The molecule has 1 N–H and O–H groups in total. The number of aromatic nitrogens is 3. The minimum Gasteiger partial charge on any atom is -0.386 e. The van der Waals surface area contributed by atoms with Crippen LogP contribution in [-0.2, 0) is 6.54 Å². The Bertz CT molecular complexity index is 895. The van der Waals surface area contributed by atoms with Gasteiger partial charge in [-0.15, -0.1) is 0 Å². The maximum absolute atomic E-state index is 12.4. The third-order valence-corrected chi connectivity index (χ3v) is 3.88. The third kappa shape index (κ3) is 2.83. The Kier molecular flexibility index (Phi) is 4.11. The lowest BCUT2D eigenvalue weighted by atomic mass is 10.1. The van der Waals surface area contributed by atoms with Crippen molar-refractivity contribution in [2.75, 3.05) is 0 Å². The molecular formula is C15H11Cl2N3O2. The van der Waals surface area contributed by atoms with E-state index in [1.807, 2.05) is 0 Å². The lowest BCUT2D eigenvalue weighted by molar-refractivity contribution is 0.155. The second-order valence-electron chi connectivity index (χ2n) is 4.78. The van der Waals surface area contributed by atoms with Crippen LogP contribution < -0.4 is 5.56 Å². The number of aliphatic hydroxyl groups is 1. The van der Waals surface area contributed by atoms with E-state index in [4.69, 9.17) is 23.2 Å². The van der Waals surface area contributed by atoms with Gasteiger partial charge in [-0.3, -0.25) is 14.3 Å². The van der Waals surface area contributed by atoms with E-state index in [0.717, 1.165) is 0 Å². The maximum atomic E-state index is 12.4. The zero-order valence-electron chi connectivity index (χ0n) is 11.3. The smallest absolute Gasteiger partial charge is 0.261 e. The average Bonchev–Trinajstić information content (AvgIpc) is 2.50. The van der Waals surface area contributed by atoms with Gasteiger partial charge >= 0.3 is 0 Å². The summed E-state index contributed by atoms with van der Waals surface area (Å²) < 4.78 is 1.35. The lowest BCUT2D eigenvalue weighted by Crippen LogP contribution is -2.24. The molecule has 0 fully saturated rings. The number of benzene rings is 1. The first-order valence-corrected chi connectivity index (χ1v) is 7.24. The van der Waals surface area contributed by atoms with E-state index >= 15 is 0 Å². The molecule has 0 radical (unpaired) electrons. The van der Waals surface area contributed by atoms with Crippen LogP contribution in [0.25, 0.3) is 10.9 Å². The first-order valence-electron chi connectivity index (χ1n) is 6.48. The number of aliphatic hydroxyl groups excluding tert-OH is 1. The molecule has 3 aromatic rings. The number of nitrogens with zero attached hydrogens (tertiary/aromatic N) is 3. The van der Waals surface area contributed by atoms with Gasteiger partial charge in [-0.2, -0.15) is 0 Å². The lowest BCUT2D eigenvalue weighted by Gasteiger charge is -2.14. The van der Waals surface area contributed by atoms with E-state index in [-0.39, 0.29) is 12.1 Å². The van der Waals surface area contributed by atoms with E-state index in [2.05, 4.69) is 9.97 Å². The van der Waals surface area contributed by atoms with Gasteiger partial charge in [0, 0.05) is 21.8 Å². The molecular weight excluding hydrogens is 325 g/mol. The van der Waals surface area contributed by atoms with Gasteiger partial charge in [0.2, 0.25) is 0 Å². The molecule has 1 aromatic carbocycles. The number of pyridine rings is 1. The number of hydrogen-bond donors (Lipinski definition) is 1. The monoisotopic (exact) mass is 335 g/mol. The van der Waals surface area contributed by atoms with Crippen LogP contribution in [-0.4, -0.2) is 19.6 Å². The molecule has 22 heavy (non-hydrogen) atoms. The maximum Gasteiger partial charge on any atom is 0.261 e. The van der Waals surface area contributed by atoms with Crippen LogP contribution in [0.15, 0.2) is 47.8 Å². The van der Waals surface area contributed by atoms with E-state index in [1.165, 1.54) is 23.3 Å². The molecule has 2 heterocycles. The van der Waals surface area contributed by atoms with Crippen LogP contribution in [0.5, 0.6) is 0 Å².